The first kappa shape index (κ1) is 32.9. The van der Waals surface area contributed by atoms with Gasteiger partial charge in [-0.3, -0.25) is 0 Å². The molecule has 10 heteroatoms. The van der Waals surface area contributed by atoms with Gasteiger partial charge < -0.3 is 19.1 Å². The Morgan fingerprint density at radius 3 is 2.05 bits per heavy atom. The molecule has 4 aromatic rings. The van der Waals surface area contributed by atoms with E-state index in [-0.39, 0.29) is 6.61 Å². The zero-order valence-corrected chi connectivity index (χ0v) is 26.8. The van der Waals surface area contributed by atoms with Gasteiger partial charge in [0.25, 0.3) is 0 Å². The van der Waals surface area contributed by atoms with Crippen LogP contribution in [0.2, 0.25) is 0 Å². The molecule has 4 rings (SSSR count). The SMILES string of the molecule is CCOC(=O)C(C)(C)Oc1c(C)cc(CN(Cc2ccc(OC)cc2)c2sc(-c3ccc(C(F)(F)F)cc3)nc2C)cc1C. The zero-order chi connectivity index (χ0) is 32.2. The molecule has 1 heterocycles. The maximum Gasteiger partial charge on any atom is 0.416 e. The van der Waals surface area contributed by atoms with Gasteiger partial charge in [0, 0.05) is 18.7 Å². The van der Waals surface area contributed by atoms with Gasteiger partial charge in [0.2, 0.25) is 0 Å². The number of hydrogen-bond donors (Lipinski definition) is 0. The van der Waals surface area contributed by atoms with Gasteiger partial charge in [-0.15, -0.1) is 0 Å². The van der Waals surface area contributed by atoms with E-state index in [2.05, 4.69) is 4.90 Å². The molecule has 0 saturated heterocycles. The Labute approximate surface area is 260 Å². The first-order valence-electron chi connectivity index (χ1n) is 14.2. The fraction of sp³-hybridized carbons (Fsp3) is 0.353. The van der Waals surface area contributed by atoms with Crippen LogP contribution in [0.5, 0.6) is 11.5 Å². The molecule has 0 fully saturated rings. The second-order valence-corrected chi connectivity index (χ2v) is 12.1. The summed E-state index contributed by atoms with van der Waals surface area (Å²) in [6.45, 7) is 12.3. The average Bonchev–Trinajstić information content (AvgIpc) is 3.36. The van der Waals surface area contributed by atoms with E-state index in [1.807, 2.05) is 57.2 Å². The predicted molar refractivity (Wildman–Crippen MR) is 167 cm³/mol. The molecular weight excluding hydrogens is 589 g/mol. The summed E-state index contributed by atoms with van der Waals surface area (Å²) in [5.74, 6) is 0.955. The van der Waals surface area contributed by atoms with Crippen LogP contribution in [0.1, 0.15) is 54.3 Å². The van der Waals surface area contributed by atoms with Crippen molar-refractivity contribution in [3.05, 3.63) is 94.2 Å². The van der Waals surface area contributed by atoms with Crippen LogP contribution in [0, 0.1) is 20.8 Å². The summed E-state index contributed by atoms with van der Waals surface area (Å²) in [4.78, 5) is 19.4. The minimum atomic E-state index is -4.40. The lowest BCUT2D eigenvalue weighted by Crippen LogP contribution is -2.40. The number of anilines is 1. The number of nitrogens with zero attached hydrogens (tertiary/aromatic N) is 2. The van der Waals surface area contributed by atoms with Gasteiger partial charge in [-0.05, 0) is 88.1 Å². The summed E-state index contributed by atoms with van der Waals surface area (Å²) in [6.07, 6.45) is -4.40. The molecule has 3 aromatic carbocycles. The maximum absolute atomic E-state index is 13.1. The minimum absolute atomic E-state index is 0.268. The fourth-order valence-electron chi connectivity index (χ4n) is 4.87. The van der Waals surface area contributed by atoms with Crippen LogP contribution in [0.4, 0.5) is 18.2 Å². The number of rotatable bonds is 11. The number of ether oxygens (including phenoxy) is 3. The average molecular weight is 627 g/mol. The van der Waals surface area contributed by atoms with Gasteiger partial charge in [0.1, 0.15) is 21.5 Å². The Morgan fingerprint density at radius 2 is 1.50 bits per heavy atom. The lowest BCUT2D eigenvalue weighted by molar-refractivity contribution is -0.158. The number of halogens is 3. The quantitative estimate of drug-likeness (QED) is 0.155. The molecule has 44 heavy (non-hydrogen) atoms. The number of alkyl halides is 3. The Hall–Kier alpha value is -4.05. The lowest BCUT2D eigenvalue weighted by atomic mass is 10.0. The lowest BCUT2D eigenvalue weighted by Gasteiger charge is -2.28. The van der Waals surface area contributed by atoms with E-state index in [0.29, 0.717) is 29.4 Å². The van der Waals surface area contributed by atoms with Crippen LogP contribution in [0.3, 0.4) is 0 Å². The standard InChI is InChI=1S/C34H37F3N2O4S/c1-8-42-32(40)33(5,6)43-29-21(2)17-25(18-22(29)3)20-39(19-24-9-15-28(41-7)16-10-24)31-23(4)38-30(44-31)26-11-13-27(14-12-26)34(35,36)37/h9-18H,8,19-20H2,1-7H3. The third-order valence-electron chi connectivity index (χ3n) is 7.07. The maximum atomic E-state index is 13.1. The summed E-state index contributed by atoms with van der Waals surface area (Å²) < 4.78 is 56.1. The highest BCUT2D eigenvalue weighted by molar-refractivity contribution is 7.19. The molecule has 0 N–H and O–H groups in total. The topological polar surface area (TPSA) is 60.9 Å². The molecule has 0 spiro atoms. The van der Waals surface area contributed by atoms with Crippen molar-refractivity contribution >= 4 is 22.3 Å². The monoisotopic (exact) mass is 626 g/mol. The van der Waals surface area contributed by atoms with Crippen molar-refractivity contribution in [2.24, 2.45) is 0 Å². The number of benzene rings is 3. The Balaban J connectivity index is 1.67. The number of aromatic nitrogens is 1. The zero-order valence-electron chi connectivity index (χ0n) is 26.0. The number of methoxy groups -OCH3 is 1. The molecule has 6 nitrogen and oxygen atoms in total. The van der Waals surface area contributed by atoms with Gasteiger partial charge in [0.05, 0.1) is 25.0 Å². The fourth-order valence-corrected chi connectivity index (χ4v) is 5.94. The van der Waals surface area contributed by atoms with Crippen molar-refractivity contribution in [3.8, 4) is 22.1 Å². The van der Waals surface area contributed by atoms with Crippen LogP contribution in [0.15, 0.2) is 60.7 Å². The van der Waals surface area contributed by atoms with Gasteiger partial charge in [-0.25, -0.2) is 9.78 Å². The van der Waals surface area contributed by atoms with E-state index >= 15 is 0 Å². The van der Waals surface area contributed by atoms with Gasteiger partial charge >= 0.3 is 12.1 Å². The molecule has 0 aliphatic carbocycles. The largest absolute Gasteiger partial charge is 0.497 e. The predicted octanol–water partition coefficient (Wildman–Crippen LogP) is 8.69. The molecule has 0 amide bonds. The van der Waals surface area contributed by atoms with E-state index in [1.54, 1.807) is 27.9 Å². The summed E-state index contributed by atoms with van der Waals surface area (Å²) >= 11 is 1.44. The number of hydrogen-bond acceptors (Lipinski definition) is 7. The van der Waals surface area contributed by atoms with Crippen molar-refractivity contribution in [3.63, 3.8) is 0 Å². The first-order chi connectivity index (χ1) is 20.7. The van der Waals surface area contributed by atoms with E-state index in [4.69, 9.17) is 19.2 Å². The van der Waals surface area contributed by atoms with Crippen molar-refractivity contribution < 1.29 is 32.2 Å². The summed E-state index contributed by atoms with van der Waals surface area (Å²) in [7, 11) is 1.62. The van der Waals surface area contributed by atoms with Crippen molar-refractivity contribution in [2.75, 3.05) is 18.6 Å². The van der Waals surface area contributed by atoms with Crippen LogP contribution in [-0.4, -0.2) is 30.3 Å². The molecular formula is C34H37F3N2O4S. The molecule has 0 atom stereocenters. The van der Waals surface area contributed by atoms with E-state index in [0.717, 1.165) is 50.8 Å². The second kappa shape index (κ2) is 13.3. The molecule has 0 unspecified atom stereocenters. The number of carbonyl (C=O) groups excluding carboxylic acids is 1. The molecule has 0 aliphatic rings. The third-order valence-corrected chi connectivity index (χ3v) is 8.34. The van der Waals surface area contributed by atoms with Crippen LogP contribution < -0.4 is 14.4 Å². The van der Waals surface area contributed by atoms with E-state index < -0.39 is 23.3 Å². The van der Waals surface area contributed by atoms with Gasteiger partial charge in [0.15, 0.2) is 5.60 Å². The molecule has 234 valence electrons. The smallest absolute Gasteiger partial charge is 0.416 e. The molecule has 0 radical (unpaired) electrons. The van der Waals surface area contributed by atoms with Gasteiger partial charge in [-0.2, -0.15) is 13.2 Å². The second-order valence-electron chi connectivity index (χ2n) is 11.1. The van der Waals surface area contributed by atoms with E-state index in [9.17, 15) is 18.0 Å². The van der Waals surface area contributed by atoms with Crippen molar-refractivity contribution in [1.82, 2.24) is 4.98 Å². The number of esters is 1. The van der Waals surface area contributed by atoms with E-state index in [1.165, 1.54) is 23.5 Å². The molecule has 0 saturated carbocycles. The number of thiazole rings is 1. The summed E-state index contributed by atoms with van der Waals surface area (Å²) in [5.41, 5.74) is 3.41. The highest BCUT2D eigenvalue weighted by Gasteiger charge is 2.33. The minimum Gasteiger partial charge on any atom is -0.497 e. The Kier molecular flexibility index (Phi) is 9.93. The van der Waals surface area contributed by atoms with Gasteiger partial charge in [-0.1, -0.05) is 47.7 Å². The summed E-state index contributed by atoms with van der Waals surface area (Å²) in [5, 5.41) is 1.55. The molecule has 0 bridgehead atoms. The third kappa shape index (κ3) is 7.72. The number of carbonyl (C=O) groups is 1. The molecule has 1 aromatic heterocycles. The number of aryl methyl sites for hydroxylation is 3. The van der Waals surface area contributed by atoms with Crippen molar-refractivity contribution in [1.29, 1.82) is 0 Å². The van der Waals surface area contributed by atoms with Crippen LogP contribution in [0.25, 0.3) is 10.6 Å². The Morgan fingerprint density at radius 1 is 0.909 bits per heavy atom. The molecule has 0 aliphatic heterocycles. The normalized spacial score (nSPS) is 11.8. The highest BCUT2D eigenvalue weighted by atomic mass is 32.1. The highest BCUT2D eigenvalue weighted by Crippen LogP contribution is 2.38. The Bertz CT molecular complexity index is 1570. The van der Waals surface area contributed by atoms with Crippen LogP contribution >= 0.6 is 11.3 Å². The van der Waals surface area contributed by atoms with Crippen LogP contribution in [-0.2, 0) is 28.8 Å². The first-order valence-corrected chi connectivity index (χ1v) is 15.0. The summed E-state index contributed by atoms with van der Waals surface area (Å²) in [6, 6.07) is 17.0. The van der Waals surface area contributed by atoms with Crippen molar-refractivity contribution in [2.45, 2.75) is 66.4 Å².